The maximum atomic E-state index is 5.75. The molecule has 0 unspecified atom stereocenters. The molecule has 20 heavy (non-hydrogen) atoms. The Morgan fingerprint density at radius 3 is 2.35 bits per heavy atom. The molecule has 3 aromatic rings. The highest BCUT2D eigenvalue weighted by Gasteiger charge is 2.00. The predicted molar refractivity (Wildman–Crippen MR) is 78.2 cm³/mol. The number of hydrogen-bond donors (Lipinski definition) is 0. The topological polar surface area (TPSA) is 35.0 Å². The lowest BCUT2D eigenvalue weighted by molar-refractivity contribution is 0.306. The fourth-order valence-electron chi connectivity index (χ4n) is 1.91. The van der Waals surface area contributed by atoms with E-state index in [9.17, 15) is 0 Å². The summed E-state index contributed by atoms with van der Waals surface area (Å²) in [4.78, 5) is 8.33. The summed E-state index contributed by atoms with van der Waals surface area (Å²) >= 11 is 0. The molecule has 3 nitrogen and oxygen atoms in total. The Kier molecular flexibility index (Phi) is 3.69. The van der Waals surface area contributed by atoms with Crippen molar-refractivity contribution < 1.29 is 4.74 Å². The molecule has 0 fully saturated rings. The number of ether oxygens (including phenoxy) is 1. The fourth-order valence-corrected chi connectivity index (χ4v) is 1.91. The van der Waals surface area contributed by atoms with E-state index in [4.69, 9.17) is 4.74 Å². The highest BCUT2D eigenvalue weighted by Crippen LogP contribution is 2.20. The maximum absolute atomic E-state index is 5.75. The molecule has 0 saturated heterocycles. The van der Waals surface area contributed by atoms with E-state index in [-0.39, 0.29) is 0 Å². The van der Waals surface area contributed by atoms with Gasteiger partial charge in [-0.15, -0.1) is 0 Å². The minimum atomic E-state index is 0.575. The first-order chi connectivity index (χ1) is 9.92. The van der Waals surface area contributed by atoms with Crippen LogP contribution in [0.1, 0.15) is 5.56 Å². The van der Waals surface area contributed by atoms with E-state index in [2.05, 4.69) is 9.97 Å². The van der Waals surface area contributed by atoms with Crippen molar-refractivity contribution in [1.82, 2.24) is 9.97 Å². The Bertz CT molecular complexity index is 652. The van der Waals surface area contributed by atoms with Gasteiger partial charge >= 0.3 is 0 Å². The molecule has 0 bridgehead atoms. The van der Waals surface area contributed by atoms with Gasteiger partial charge in [0.1, 0.15) is 12.4 Å². The molecule has 1 heterocycles. The number of rotatable bonds is 4. The Morgan fingerprint density at radius 2 is 1.65 bits per heavy atom. The largest absolute Gasteiger partial charge is 0.489 e. The monoisotopic (exact) mass is 262 g/mol. The molecule has 98 valence electrons. The van der Waals surface area contributed by atoms with E-state index in [1.807, 2.05) is 54.6 Å². The van der Waals surface area contributed by atoms with Gasteiger partial charge in [-0.3, -0.25) is 9.97 Å². The van der Waals surface area contributed by atoms with Crippen molar-refractivity contribution in [2.45, 2.75) is 6.61 Å². The second-order valence-corrected chi connectivity index (χ2v) is 4.39. The summed E-state index contributed by atoms with van der Waals surface area (Å²) in [5.41, 5.74) is 3.05. The summed E-state index contributed by atoms with van der Waals surface area (Å²) < 4.78 is 5.75. The third-order valence-corrected chi connectivity index (χ3v) is 2.96. The van der Waals surface area contributed by atoms with Gasteiger partial charge in [0, 0.05) is 18.0 Å². The normalized spacial score (nSPS) is 10.2. The number of aromatic nitrogens is 2. The van der Waals surface area contributed by atoms with Crippen molar-refractivity contribution in [3.63, 3.8) is 0 Å². The van der Waals surface area contributed by atoms with Crippen LogP contribution in [0.2, 0.25) is 0 Å². The number of nitrogens with zero attached hydrogens (tertiary/aromatic N) is 2. The lowest BCUT2D eigenvalue weighted by Crippen LogP contribution is -1.94. The first-order valence-electron chi connectivity index (χ1n) is 6.45. The summed E-state index contributed by atoms with van der Waals surface area (Å²) in [6.45, 7) is 0.575. The standard InChI is InChI=1S/C17H14N2O/c1-2-4-14(5-3-1)13-20-16-8-6-15(7-9-16)17-12-18-10-11-19-17/h1-12H,13H2. The second kappa shape index (κ2) is 5.97. The van der Waals surface area contributed by atoms with Crippen molar-refractivity contribution >= 4 is 0 Å². The van der Waals surface area contributed by atoms with Gasteiger partial charge < -0.3 is 4.74 Å². The van der Waals surface area contributed by atoms with Crippen LogP contribution >= 0.6 is 0 Å². The van der Waals surface area contributed by atoms with Gasteiger partial charge in [0.15, 0.2) is 0 Å². The number of hydrogen-bond acceptors (Lipinski definition) is 3. The third-order valence-electron chi connectivity index (χ3n) is 2.96. The molecule has 0 atom stereocenters. The van der Waals surface area contributed by atoms with E-state index >= 15 is 0 Å². The average Bonchev–Trinajstić information content (AvgIpc) is 2.55. The summed E-state index contributed by atoms with van der Waals surface area (Å²) in [7, 11) is 0. The van der Waals surface area contributed by atoms with Crippen molar-refractivity contribution in [2.75, 3.05) is 0 Å². The summed E-state index contributed by atoms with van der Waals surface area (Å²) in [6.07, 6.45) is 5.11. The molecule has 0 aliphatic carbocycles. The van der Waals surface area contributed by atoms with Crippen LogP contribution in [-0.4, -0.2) is 9.97 Å². The molecule has 0 aliphatic heterocycles. The predicted octanol–water partition coefficient (Wildman–Crippen LogP) is 3.72. The van der Waals surface area contributed by atoms with Crippen molar-refractivity contribution in [1.29, 1.82) is 0 Å². The summed E-state index contributed by atoms with van der Waals surface area (Å²) in [6, 6.07) is 18.0. The van der Waals surface area contributed by atoms with Crippen LogP contribution in [0.15, 0.2) is 73.2 Å². The van der Waals surface area contributed by atoms with Crippen LogP contribution in [-0.2, 0) is 6.61 Å². The smallest absolute Gasteiger partial charge is 0.119 e. The zero-order valence-electron chi connectivity index (χ0n) is 10.9. The molecule has 0 radical (unpaired) electrons. The van der Waals surface area contributed by atoms with Gasteiger partial charge in [0.25, 0.3) is 0 Å². The molecule has 0 aliphatic rings. The molecule has 3 rings (SSSR count). The first kappa shape index (κ1) is 12.4. The lowest BCUT2D eigenvalue weighted by Gasteiger charge is -2.07. The summed E-state index contributed by atoms with van der Waals surface area (Å²) in [5, 5.41) is 0. The Labute approximate surface area is 117 Å². The Balaban J connectivity index is 1.68. The zero-order chi connectivity index (χ0) is 13.6. The van der Waals surface area contributed by atoms with Crippen molar-refractivity contribution in [3.8, 4) is 17.0 Å². The molecule has 2 aromatic carbocycles. The van der Waals surface area contributed by atoms with Crippen molar-refractivity contribution in [2.24, 2.45) is 0 Å². The van der Waals surface area contributed by atoms with Crippen LogP contribution in [0.3, 0.4) is 0 Å². The Hall–Kier alpha value is -2.68. The van der Waals surface area contributed by atoms with E-state index in [1.54, 1.807) is 18.6 Å². The van der Waals surface area contributed by atoms with Crippen LogP contribution in [0.5, 0.6) is 5.75 Å². The van der Waals surface area contributed by atoms with Gasteiger partial charge in [-0.2, -0.15) is 0 Å². The van der Waals surface area contributed by atoms with E-state index in [0.29, 0.717) is 6.61 Å². The van der Waals surface area contributed by atoms with Crippen molar-refractivity contribution in [3.05, 3.63) is 78.8 Å². The van der Waals surface area contributed by atoms with E-state index < -0.39 is 0 Å². The van der Waals surface area contributed by atoms with Crippen LogP contribution in [0.25, 0.3) is 11.3 Å². The van der Waals surface area contributed by atoms with E-state index in [0.717, 1.165) is 22.6 Å². The third kappa shape index (κ3) is 3.01. The Morgan fingerprint density at radius 1 is 0.850 bits per heavy atom. The minimum Gasteiger partial charge on any atom is -0.489 e. The van der Waals surface area contributed by atoms with Gasteiger partial charge in [-0.1, -0.05) is 30.3 Å². The van der Waals surface area contributed by atoms with Gasteiger partial charge in [0.05, 0.1) is 11.9 Å². The SMILES string of the molecule is c1ccc(COc2ccc(-c3cnccn3)cc2)cc1. The average molecular weight is 262 g/mol. The molecule has 0 N–H and O–H groups in total. The van der Waals surface area contributed by atoms with E-state index in [1.165, 1.54) is 0 Å². The van der Waals surface area contributed by atoms with Gasteiger partial charge in [-0.25, -0.2) is 0 Å². The zero-order valence-corrected chi connectivity index (χ0v) is 10.9. The highest BCUT2D eigenvalue weighted by molar-refractivity contribution is 5.58. The molecular formula is C17H14N2O. The fraction of sp³-hybridized carbons (Fsp3) is 0.0588. The molecular weight excluding hydrogens is 248 g/mol. The molecule has 0 amide bonds. The number of benzene rings is 2. The molecule has 1 aromatic heterocycles. The maximum Gasteiger partial charge on any atom is 0.119 e. The van der Waals surface area contributed by atoms with Crippen LogP contribution in [0.4, 0.5) is 0 Å². The summed E-state index contributed by atoms with van der Waals surface area (Å²) in [5.74, 6) is 0.849. The first-order valence-corrected chi connectivity index (χ1v) is 6.45. The lowest BCUT2D eigenvalue weighted by atomic mass is 10.1. The van der Waals surface area contributed by atoms with Crippen LogP contribution < -0.4 is 4.74 Å². The van der Waals surface area contributed by atoms with Gasteiger partial charge in [0.2, 0.25) is 0 Å². The molecule has 0 saturated carbocycles. The highest BCUT2D eigenvalue weighted by atomic mass is 16.5. The minimum absolute atomic E-state index is 0.575. The molecule has 0 spiro atoms. The van der Waals surface area contributed by atoms with Crippen LogP contribution in [0, 0.1) is 0 Å². The second-order valence-electron chi connectivity index (χ2n) is 4.39. The molecule has 3 heteroatoms. The van der Waals surface area contributed by atoms with Gasteiger partial charge in [-0.05, 0) is 29.8 Å². The quantitative estimate of drug-likeness (QED) is 0.718.